The Labute approximate surface area is 144 Å². The molecule has 0 aromatic heterocycles. The van der Waals surface area contributed by atoms with Crippen molar-refractivity contribution < 1.29 is 9.53 Å². The summed E-state index contributed by atoms with van der Waals surface area (Å²) in [5.41, 5.74) is 2.81. The van der Waals surface area contributed by atoms with Gasteiger partial charge in [-0.25, -0.2) is 0 Å². The first kappa shape index (κ1) is 18.2. The highest BCUT2D eigenvalue weighted by Crippen LogP contribution is 2.26. The average Bonchev–Trinajstić information content (AvgIpc) is 2.50. The summed E-state index contributed by atoms with van der Waals surface area (Å²) in [5, 5.41) is 2.95. The number of benzene rings is 1. The molecule has 128 valence electrons. The number of aryl methyl sites for hydroxylation is 2. The van der Waals surface area contributed by atoms with Crippen LogP contribution in [0.3, 0.4) is 0 Å². The lowest BCUT2D eigenvalue weighted by Crippen LogP contribution is -2.37. The molecule has 3 nitrogen and oxygen atoms in total. The number of nitrogens with one attached hydrogen (secondary N) is 1. The zero-order valence-corrected chi connectivity index (χ0v) is 15.6. The molecular weight excluding hydrogens is 306 g/mol. The largest absolute Gasteiger partial charge is 0.481 e. The molecule has 0 fully saturated rings. The number of amides is 1. The van der Waals surface area contributed by atoms with Crippen LogP contribution in [0.25, 0.3) is 0 Å². The van der Waals surface area contributed by atoms with Gasteiger partial charge in [0.1, 0.15) is 5.75 Å². The van der Waals surface area contributed by atoms with Crippen LogP contribution < -0.4 is 10.1 Å². The predicted molar refractivity (Wildman–Crippen MR) is 98.4 cm³/mol. The number of carbonyl (C=O) groups is 1. The van der Waals surface area contributed by atoms with E-state index in [1.54, 1.807) is 0 Å². The van der Waals surface area contributed by atoms with Gasteiger partial charge >= 0.3 is 0 Å². The molecule has 4 heteroatoms. The maximum atomic E-state index is 12.1. The SMILES string of the molecule is CC(Oc1ccc2c(c1)CCCC2)C(=O)NCCSC(C)(C)C. The van der Waals surface area contributed by atoms with E-state index in [2.05, 4.69) is 38.2 Å². The highest BCUT2D eigenvalue weighted by molar-refractivity contribution is 8.00. The van der Waals surface area contributed by atoms with E-state index in [-0.39, 0.29) is 10.7 Å². The second-order valence-electron chi connectivity index (χ2n) is 7.15. The topological polar surface area (TPSA) is 38.3 Å². The number of carbonyl (C=O) groups excluding carboxylic acids is 1. The normalized spacial score (nSPS) is 15.7. The van der Waals surface area contributed by atoms with E-state index < -0.39 is 6.10 Å². The Morgan fingerprint density at radius 2 is 1.96 bits per heavy atom. The number of fused-ring (bicyclic) bond motifs is 1. The number of ether oxygens (including phenoxy) is 1. The Balaban J connectivity index is 1.79. The maximum Gasteiger partial charge on any atom is 0.260 e. The molecule has 1 aromatic carbocycles. The van der Waals surface area contributed by atoms with Crippen LogP contribution in [0, 0.1) is 0 Å². The van der Waals surface area contributed by atoms with Crippen molar-refractivity contribution in [1.82, 2.24) is 5.32 Å². The van der Waals surface area contributed by atoms with Crippen LogP contribution in [0.15, 0.2) is 18.2 Å². The van der Waals surface area contributed by atoms with Gasteiger partial charge in [0.2, 0.25) is 0 Å². The monoisotopic (exact) mass is 335 g/mol. The fourth-order valence-corrected chi connectivity index (χ4v) is 3.53. The van der Waals surface area contributed by atoms with E-state index >= 15 is 0 Å². The minimum absolute atomic E-state index is 0.0442. The molecule has 2 rings (SSSR count). The number of hydrogen-bond acceptors (Lipinski definition) is 3. The number of thioether (sulfide) groups is 1. The van der Waals surface area contributed by atoms with Crippen LogP contribution >= 0.6 is 11.8 Å². The van der Waals surface area contributed by atoms with Crippen LogP contribution in [0.5, 0.6) is 5.75 Å². The first-order valence-electron chi connectivity index (χ1n) is 8.55. The van der Waals surface area contributed by atoms with Gasteiger partial charge in [-0.3, -0.25) is 4.79 Å². The first-order valence-corrected chi connectivity index (χ1v) is 9.54. The van der Waals surface area contributed by atoms with Crippen LogP contribution in [0.4, 0.5) is 0 Å². The summed E-state index contributed by atoms with van der Waals surface area (Å²) >= 11 is 1.85. The van der Waals surface area contributed by atoms with Crippen molar-refractivity contribution in [1.29, 1.82) is 0 Å². The van der Waals surface area contributed by atoms with E-state index in [4.69, 9.17) is 4.74 Å². The molecule has 0 bridgehead atoms. The fourth-order valence-electron chi connectivity index (χ4n) is 2.72. The maximum absolute atomic E-state index is 12.1. The van der Waals surface area contributed by atoms with Gasteiger partial charge in [0.25, 0.3) is 5.91 Å². The second kappa shape index (κ2) is 8.09. The Bertz CT molecular complexity index is 537. The molecule has 0 radical (unpaired) electrons. The summed E-state index contributed by atoms with van der Waals surface area (Å²) in [6.07, 6.45) is 4.35. The van der Waals surface area contributed by atoms with Crippen molar-refractivity contribution in [2.45, 2.75) is 64.2 Å². The van der Waals surface area contributed by atoms with Crippen molar-refractivity contribution >= 4 is 17.7 Å². The molecule has 0 spiro atoms. The van der Waals surface area contributed by atoms with Crippen molar-refractivity contribution in [3.8, 4) is 5.75 Å². The molecule has 23 heavy (non-hydrogen) atoms. The predicted octanol–water partition coefficient (Wildman–Crippen LogP) is 3.98. The Morgan fingerprint density at radius 1 is 1.26 bits per heavy atom. The summed E-state index contributed by atoms with van der Waals surface area (Å²) in [6, 6.07) is 6.24. The van der Waals surface area contributed by atoms with Gasteiger partial charge in [-0.05, 0) is 55.9 Å². The average molecular weight is 336 g/mol. The van der Waals surface area contributed by atoms with E-state index in [0.717, 1.165) is 24.3 Å². The zero-order chi connectivity index (χ0) is 16.9. The van der Waals surface area contributed by atoms with Crippen molar-refractivity contribution in [2.75, 3.05) is 12.3 Å². The third kappa shape index (κ3) is 6.09. The highest BCUT2D eigenvalue weighted by Gasteiger charge is 2.16. The Kier molecular flexibility index (Phi) is 6.40. The summed E-state index contributed by atoms with van der Waals surface area (Å²) < 4.78 is 6.05. The Hall–Kier alpha value is -1.16. The molecule has 1 aliphatic rings. The van der Waals surface area contributed by atoms with Crippen molar-refractivity contribution in [3.63, 3.8) is 0 Å². The summed E-state index contributed by atoms with van der Waals surface area (Å²) in [5.74, 6) is 1.68. The van der Waals surface area contributed by atoms with E-state index in [9.17, 15) is 4.79 Å². The summed E-state index contributed by atoms with van der Waals surface area (Å²) in [7, 11) is 0. The lowest BCUT2D eigenvalue weighted by molar-refractivity contribution is -0.127. The summed E-state index contributed by atoms with van der Waals surface area (Å²) in [6.45, 7) is 9.04. The lowest BCUT2D eigenvalue weighted by atomic mass is 9.92. The van der Waals surface area contributed by atoms with Crippen LogP contribution in [-0.4, -0.2) is 29.1 Å². The standard InChI is InChI=1S/C19H29NO2S/c1-14(18(21)20-11-12-23-19(2,3)4)22-17-10-9-15-7-5-6-8-16(15)13-17/h9-10,13-14H,5-8,11-12H2,1-4H3,(H,20,21). The van der Waals surface area contributed by atoms with E-state index in [1.165, 1.54) is 24.0 Å². The minimum Gasteiger partial charge on any atom is -0.481 e. The Morgan fingerprint density at radius 3 is 2.65 bits per heavy atom. The van der Waals surface area contributed by atoms with Crippen molar-refractivity contribution in [2.24, 2.45) is 0 Å². The van der Waals surface area contributed by atoms with Gasteiger partial charge < -0.3 is 10.1 Å². The summed E-state index contributed by atoms with van der Waals surface area (Å²) in [4.78, 5) is 12.1. The molecule has 1 atom stereocenters. The van der Waals surface area contributed by atoms with Crippen LogP contribution in [0.2, 0.25) is 0 Å². The molecule has 0 saturated heterocycles. The molecule has 1 aromatic rings. The van der Waals surface area contributed by atoms with Crippen molar-refractivity contribution in [3.05, 3.63) is 29.3 Å². The van der Waals surface area contributed by atoms with Crippen LogP contribution in [0.1, 0.15) is 51.7 Å². The van der Waals surface area contributed by atoms with Gasteiger partial charge in [0, 0.05) is 17.0 Å². The first-order chi connectivity index (χ1) is 10.8. The molecule has 0 heterocycles. The molecule has 0 saturated carbocycles. The quantitative estimate of drug-likeness (QED) is 0.799. The molecule has 1 aliphatic carbocycles. The number of rotatable bonds is 6. The van der Waals surface area contributed by atoms with Gasteiger partial charge in [0.05, 0.1) is 0 Å². The smallest absolute Gasteiger partial charge is 0.260 e. The second-order valence-corrected chi connectivity index (χ2v) is 9.07. The zero-order valence-electron chi connectivity index (χ0n) is 14.8. The van der Waals surface area contributed by atoms with Gasteiger partial charge in [-0.2, -0.15) is 11.8 Å². The third-order valence-corrected chi connectivity index (χ3v) is 5.21. The molecular formula is C19H29NO2S. The van der Waals surface area contributed by atoms with E-state index in [0.29, 0.717) is 6.54 Å². The minimum atomic E-state index is -0.462. The lowest BCUT2D eigenvalue weighted by Gasteiger charge is -2.20. The number of hydrogen-bond donors (Lipinski definition) is 1. The third-order valence-electron chi connectivity index (χ3n) is 3.94. The highest BCUT2D eigenvalue weighted by atomic mass is 32.2. The molecule has 1 N–H and O–H groups in total. The van der Waals surface area contributed by atoms with E-state index in [1.807, 2.05) is 24.8 Å². The molecule has 1 unspecified atom stereocenters. The fraction of sp³-hybridized carbons (Fsp3) is 0.632. The van der Waals surface area contributed by atoms with Crippen LogP contribution in [-0.2, 0) is 17.6 Å². The van der Waals surface area contributed by atoms with Gasteiger partial charge in [-0.1, -0.05) is 26.8 Å². The molecule has 0 aliphatic heterocycles. The van der Waals surface area contributed by atoms with Gasteiger partial charge in [-0.15, -0.1) is 0 Å². The molecule has 1 amide bonds. The van der Waals surface area contributed by atoms with Gasteiger partial charge in [0.15, 0.2) is 6.10 Å².